The van der Waals surface area contributed by atoms with Crippen molar-refractivity contribution in [3.8, 4) is 11.4 Å². The number of pyridine rings is 2. The highest BCUT2D eigenvalue weighted by Crippen LogP contribution is 2.36. The van der Waals surface area contributed by atoms with Gasteiger partial charge in [0.25, 0.3) is 5.56 Å². The molecule has 0 amide bonds. The van der Waals surface area contributed by atoms with E-state index in [0.29, 0.717) is 35.5 Å². The number of rotatable bonds is 4. The molecule has 4 heterocycles. The van der Waals surface area contributed by atoms with Gasteiger partial charge in [0.05, 0.1) is 36.7 Å². The second kappa shape index (κ2) is 11.6. The average molecular weight is 500 g/mol. The van der Waals surface area contributed by atoms with Gasteiger partial charge < -0.3 is 19.4 Å². The van der Waals surface area contributed by atoms with Gasteiger partial charge in [-0.3, -0.25) is 14.4 Å². The van der Waals surface area contributed by atoms with Crippen LogP contribution >= 0.6 is 12.4 Å². The quantitative estimate of drug-likeness (QED) is 0.339. The maximum absolute atomic E-state index is 12.9. The number of morpholine rings is 1. The third-order valence-corrected chi connectivity index (χ3v) is 6.10. The monoisotopic (exact) mass is 499 g/mol. The predicted molar refractivity (Wildman–Crippen MR) is 136 cm³/mol. The summed E-state index contributed by atoms with van der Waals surface area (Å²) in [7, 11) is 0. The second-order valence-electron chi connectivity index (χ2n) is 8.31. The average Bonchev–Trinajstić information content (AvgIpc) is 3.23. The molecular formula is C26H30ClN3O5. The molecule has 0 radical (unpaired) electrons. The minimum Gasteiger partial charge on any atom is -0.461 e. The third kappa shape index (κ3) is 5.45. The third-order valence-electron chi connectivity index (χ3n) is 6.10. The maximum atomic E-state index is 12.9. The highest BCUT2D eigenvalue weighted by atomic mass is 35.5. The van der Waals surface area contributed by atoms with Gasteiger partial charge in [0.1, 0.15) is 6.61 Å². The van der Waals surface area contributed by atoms with Crippen molar-refractivity contribution in [2.75, 3.05) is 26.3 Å². The first-order valence-corrected chi connectivity index (χ1v) is 11.5. The van der Waals surface area contributed by atoms with E-state index in [9.17, 15) is 14.4 Å². The fraction of sp³-hybridized carbons (Fsp3) is 0.385. The van der Waals surface area contributed by atoms with Crippen molar-refractivity contribution in [3.05, 3.63) is 62.9 Å². The number of Topliss-reactive ketones (excluding diaryl/α,β-unsaturated/α-hetero) is 1. The van der Waals surface area contributed by atoms with Crippen LogP contribution in [0.3, 0.4) is 0 Å². The lowest BCUT2D eigenvalue weighted by Crippen LogP contribution is -2.30. The first-order chi connectivity index (χ1) is 16.4. The molecule has 1 N–H and O–H groups in total. The van der Waals surface area contributed by atoms with Crippen molar-refractivity contribution in [2.45, 2.75) is 40.3 Å². The van der Waals surface area contributed by atoms with Gasteiger partial charge in [-0.05, 0) is 19.1 Å². The minimum absolute atomic E-state index is 0. The molecule has 2 aromatic heterocycles. The fourth-order valence-electron chi connectivity index (χ4n) is 4.30. The van der Waals surface area contributed by atoms with Crippen molar-refractivity contribution in [2.24, 2.45) is 0 Å². The summed E-state index contributed by atoms with van der Waals surface area (Å²) >= 11 is 0. The molecule has 5 rings (SSSR count). The lowest BCUT2D eigenvalue weighted by molar-refractivity contribution is -0.142. The number of esters is 1. The number of carbonyl (C=O) groups is 2. The number of nitrogens with zero attached hydrogens (tertiary/aromatic N) is 2. The van der Waals surface area contributed by atoms with E-state index in [-0.39, 0.29) is 36.3 Å². The Kier molecular flexibility index (Phi) is 8.77. The standard InChI is InChI=1S/C22H20N2O4.C4H9NO.ClH/c1-4-20(26)15-9-19-21-16(10-24(19)22(27)12(15)2)17(11-28-13(3)25)14-7-5-6-8-18(14)23-21;1-3-6-4-2-5-1;/h5-9H,4,10-11H2,1-3H3;5H,1-4H2;1H. The van der Waals surface area contributed by atoms with Gasteiger partial charge in [-0.2, -0.15) is 0 Å². The topological polar surface area (TPSA) is 99.5 Å². The normalized spacial score (nSPS) is 13.7. The second-order valence-corrected chi connectivity index (χ2v) is 8.31. The van der Waals surface area contributed by atoms with Gasteiger partial charge in [-0.1, -0.05) is 25.1 Å². The molecule has 2 aliphatic heterocycles. The summed E-state index contributed by atoms with van der Waals surface area (Å²) in [6.07, 6.45) is 0.333. The van der Waals surface area contributed by atoms with E-state index < -0.39 is 0 Å². The Morgan fingerprint density at radius 2 is 1.91 bits per heavy atom. The van der Waals surface area contributed by atoms with E-state index in [1.807, 2.05) is 24.3 Å². The van der Waals surface area contributed by atoms with Crippen LogP contribution in [0, 0.1) is 6.92 Å². The Hall–Kier alpha value is -3.07. The summed E-state index contributed by atoms with van der Waals surface area (Å²) in [4.78, 5) is 41.4. The Labute approximate surface area is 210 Å². The molecule has 0 bridgehead atoms. The molecule has 1 fully saturated rings. The number of para-hydroxylation sites is 1. The van der Waals surface area contributed by atoms with Crippen molar-refractivity contribution in [3.63, 3.8) is 0 Å². The van der Waals surface area contributed by atoms with Gasteiger partial charge >= 0.3 is 5.97 Å². The molecule has 2 aliphatic rings. The van der Waals surface area contributed by atoms with Crippen LogP contribution < -0.4 is 10.9 Å². The summed E-state index contributed by atoms with van der Waals surface area (Å²) < 4.78 is 11.9. The van der Waals surface area contributed by atoms with Crippen molar-refractivity contribution >= 4 is 35.1 Å². The molecule has 186 valence electrons. The number of halogens is 1. The molecule has 3 aromatic rings. The zero-order valence-electron chi connectivity index (χ0n) is 20.2. The fourth-order valence-corrected chi connectivity index (χ4v) is 4.30. The molecule has 1 saturated heterocycles. The van der Waals surface area contributed by atoms with Crippen molar-refractivity contribution in [1.82, 2.24) is 14.9 Å². The molecule has 0 atom stereocenters. The number of benzene rings is 1. The Morgan fingerprint density at radius 1 is 1.20 bits per heavy atom. The van der Waals surface area contributed by atoms with Gasteiger partial charge in [0.2, 0.25) is 0 Å². The van der Waals surface area contributed by atoms with Gasteiger partial charge in [0.15, 0.2) is 5.78 Å². The van der Waals surface area contributed by atoms with Gasteiger partial charge in [0, 0.05) is 54.1 Å². The number of nitrogens with one attached hydrogen (secondary N) is 1. The predicted octanol–water partition coefficient (Wildman–Crippen LogP) is 3.42. The lowest BCUT2D eigenvalue weighted by atomic mass is 10.00. The smallest absolute Gasteiger partial charge is 0.302 e. The Morgan fingerprint density at radius 3 is 2.51 bits per heavy atom. The van der Waals surface area contributed by atoms with E-state index in [4.69, 9.17) is 14.5 Å². The van der Waals surface area contributed by atoms with Crippen LogP contribution in [-0.4, -0.2) is 47.6 Å². The number of ether oxygens (including phenoxy) is 2. The lowest BCUT2D eigenvalue weighted by Gasteiger charge is -2.11. The SMILES string of the molecule is C1COCCN1.CCC(=O)c1cc2n(c(=O)c1C)Cc1c-2nc2ccccc2c1COC(C)=O.Cl. The Balaban J connectivity index is 0.000000429. The minimum atomic E-state index is -0.367. The summed E-state index contributed by atoms with van der Waals surface area (Å²) in [5.41, 5.74) is 4.48. The van der Waals surface area contributed by atoms with E-state index in [1.54, 1.807) is 24.5 Å². The zero-order valence-corrected chi connectivity index (χ0v) is 21.0. The number of aromatic nitrogens is 2. The van der Waals surface area contributed by atoms with Crippen LogP contribution in [0.5, 0.6) is 0 Å². The molecule has 8 nitrogen and oxygen atoms in total. The van der Waals surface area contributed by atoms with Crippen LogP contribution in [-0.2, 0) is 27.4 Å². The van der Waals surface area contributed by atoms with E-state index in [1.165, 1.54) is 6.92 Å². The maximum Gasteiger partial charge on any atom is 0.302 e. The first kappa shape index (κ1) is 26.5. The highest BCUT2D eigenvalue weighted by molar-refractivity contribution is 5.98. The van der Waals surface area contributed by atoms with Gasteiger partial charge in [-0.15, -0.1) is 12.4 Å². The first-order valence-electron chi connectivity index (χ1n) is 11.5. The largest absolute Gasteiger partial charge is 0.461 e. The molecule has 0 unspecified atom stereocenters. The van der Waals surface area contributed by atoms with Crippen LogP contribution in [0.25, 0.3) is 22.3 Å². The van der Waals surface area contributed by atoms with Crippen molar-refractivity contribution in [1.29, 1.82) is 0 Å². The summed E-state index contributed by atoms with van der Waals surface area (Å²) in [5, 5.41) is 4.05. The van der Waals surface area contributed by atoms with Crippen LogP contribution in [0.2, 0.25) is 0 Å². The van der Waals surface area contributed by atoms with Gasteiger partial charge in [-0.25, -0.2) is 4.98 Å². The van der Waals surface area contributed by atoms with Crippen molar-refractivity contribution < 1.29 is 19.1 Å². The summed E-state index contributed by atoms with van der Waals surface area (Å²) in [6.45, 7) is 9.13. The zero-order chi connectivity index (χ0) is 24.2. The number of carbonyl (C=O) groups excluding carboxylic acids is 2. The van der Waals surface area contributed by atoms with E-state index in [0.717, 1.165) is 48.3 Å². The molecule has 1 aromatic carbocycles. The van der Waals surface area contributed by atoms with Crippen LogP contribution in [0.1, 0.15) is 47.3 Å². The number of fused-ring (bicyclic) bond motifs is 4. The highest BCUT2D eigenvalue weighted by Gasteiger charge is 2.28. The summed E-state index contributed by atoms with van der Waals surface area (Å²) in [6, 6.07) is 9.39. The molecule has 35 heavy (non-hydrogen) atoms. The van der Waals surface area contributed by atoms with Crippen LogP contribution in [0.4, 0.5) is 0 Å². The molecule has 9 heteroatoms. The van der Waals surface area contributed by atoms with E-state index in [2.05, 4.69) is 5.32 Å². The number of ketones is 1. The van der Waals surface area contributed by atoms with Crippen LogP contribution in [0.15, 0.2) is 35.1 Å². The number of hydrogen-bond donors (Lipinski definition) is 1. The molecule has 0 spiro atoms. The molecular weight excluding hydrogens is 470 g/mol. The van der Waals surface area contributed by atoms with E-state index >= 15 is 0 Å². The molecule has 0 aliphatic carbocycles. The Bertz CT molecular complexity index is 1300. The summed E-state index contributed by atoms with van der Waals surface area (Å²) in [5.74, 6) is -0.429. The molecule has 0 saturated carbocycles. The number of hydrogen-bond acceptors (Lipinski definition) is 7.